The minimum Gasteiger partial charge on any atom is -1.00 e. The standard InChI is InChI=1S/CN.Na.Rh.H/c1-2;;;/q-1;+1;;-1. The van der Waals surface area contributed by atoms with Crippen LogP contribution in [0.1, 0.15) is 1.43 Å². The zero-order valence-electron chi connectivity index (χ0n) is 3.28. The molecule has 0 unspecified atom stereocenters. The van der Waals surface area contributed by atoms with Crippen LogP contribution in [0.5, 0.6) is 0 Å². The van der Waals surface area contributed by atoms with Crippen LogP contribution in [-0.2, 0) is 19.5 Å². The van der Waals surface area contributed by atoms with E-state index < -0.39 is 0 Å². The molecule has 0 N–H and O–H groups in total. The Morgan fingerprint density at radius 1 is 1.50 bits per heavy atom. The molecule has 0 rings (SSSR count). The molecule has 4 heavy (non-hydrogen) atoms. The molecule has 21 valence electrons. The first-order chi connectivity index (χ1) is 1.00. The topological polar surface area (TPSA) is 23.8 Å². The van der Waals surface area contributed by atoms with Crippen molar-refractivity contribution >= 4 is 0 Å². The predicted molar refractivity (Wildman–Crippen MR) is 6.08 cm³/mol. The Balaban J connectivity index is -0.00000000167. The summed E-state index contributed by atoms with van der Waals surface area (Å²) in [6.45, 7) is 4.75. The van der Waals surface area contributed by atoms with Crippen molar-refractivity contribution in [2.24, 2.45) is 0 Å². The van der Waals surface area contributed by atoms with Gasteiger partial charge in [0.2, 0.25) is 0 Å². The monoisotopic (exact) mass is 153 g/mol. The third-order valence-corrected chi connectivity index (χ3v) is 0. The van der Waals surface area contributed by atoms with Crippen LogP contribution in [-0.4, -0.2) is 0 Å². The summed E-state index contributed by atoms with van der Waals surface area (Å²) < 4.78 is 0. The van der Waals surface area contributed by atoms with Gasteiger partial charge in [-0.1, -0.05) is 0 Å². The molecule has 0 amide bonds. The van der Waals surface area contributed by atoms with Crippen molar-refractivity contribution in [3.63, 3.8) is 0 Å². The SMILES string of the molecule is [C-]#N.[H-].[Na+].[Rh]. The number of hydrogen-bond acceptors (Lipinski definition) is 1. The van der Waals surface area contributed by atoms with E-state index in [4.69, 9.17) is 11.8 Å². The van der Waals surface area contributed by atoms with Crippen LogP contribution in [0.15, 0.2) is 0 Å². The fourth-order valence-electron chi connectivity index (χ4n) is 0. The van der Waals surface area contributed by atoms with Crippen LogP contribution in [0.25, 0.3) is 0 Å². The van der Waals surface area contributed by atoms with Gasteiger partial charge in [0.1, 0.15) is 0 Å². The summed E-state index contributed by atoms with van der Waals surface area (Å²) >= 11 is 0. The Morgan fingerprint density at radius 2 is 1.50 bits per heavy atom. The van der Waals surface area contributed by atoms with Crippen molar-refractivity contribution in [2.45, 2.75) is 0 Å². The largest absolute Gasteiger partial charge is 1.00 e. The average Bonchev–Trinajstić information content (AvgIpc) is 1.00. The first-order valence-corrected chi connectivity index (χ1v) is 0.224. The molecule has 0 aromatic heterocycles. The van der Waals surface area contributed by atoms with Gasteiger partial charge < -0.3 is 13.3 Å². The fourth-order valence-corrected chi connectivity index (χ4v) is 0. The van der Waals surface area contributed by atoms with Gasteiger partial charge in [-0.2, -0.15) is 0 Å². The summed E-state index contributed by atoms with van der Waals surface area (Å²) in [6, 6.07) is 0. The van der Waals surface area contributed by atoms with Crippen LogP contribution in [0.3, 0.4) is 0 Å². The van der Waals surface area contributed by atoms with Gasteiger partial charge in [0.05, 0.1) is 0 Å². The van der Waals surface area contributed by atoms with Gasteiger partial charge in [0.15, 0.2) is 0 Å². The van der Waals surface area contributed by atoms with E-state index in [0.717, 1.165) is 0 Å². The van der Waals surface area contributed by atoms with Crippen molar-refractivity contribution in [3.05, 3.63) is 6.57 Å². The van der Waals surface area contributed by atoms with Crippen molar-refractivity contribution in [2.75, 3.05) is 0 Å². The summed E-state index contributed by atoms with van der Waals surface area (Å²) in [6.07, 6.45) is 0. The van der Waals surface area contributed by atoms with Gasteiger partial charge in [-0.05, 0) is 0 Å². The molecule has 1 radical (unpaired) electrons. The van der Waals surface area contributed by atoms with Crippen molar-refractivity contribution in [1.29, 1.82) is 5.26 Å². The summed E-state index contributed by atoms with van der Waals surface area (Å²) in [5, 5.41) is 6.25. The summed E-state index contributed by atoms with van der Waals surface area (Å²) in [7, 11) is 0. The Labute approximate surface area is 61.9 Å². The van der Waals surface area contributed by atoms with Crippen molar-refractivity contribution in [1.82, 2.24) is 0 Å². The molecule has 0 aliphatic heterocycles. The molecule has 3 heteroatoms. The van der Waals surface area contributed by atoms with Gasteiger partial charge in [-0.3, -0.25) is 0 Å². The molecule has 0 spiro atoms. The van der Waals surface area contributed by atoms with E-state index >= 15 is 0 Å². The molecule has 0 saturated heterocycles. The molecule has 0 bridgehead atoms. The van der Waals surface area contributed by atoms with E-state index in [1.807, 2.05) is 0 Å². The fraction of sp³-hybridized carbons (Fsp3) is 0. The first-order valence-electron chi connectivity index (χ1n) is 0.224. The van der Waals surface area contributed by atoms with Crippen molar-refractivity contribution < 1.29 is 50.5 Å². The molecule has 0 aromatic carbocycles. The van der Waals surface area contributed by atoms with Crippen LogP contribution < -0.4 is 29.6 Å². The molecule has 0 heterocycles. The van der Waals surface area contributed by atoms with E-state index in [2.05, 4.69) is 0 Å². The molecule has 0 fully saturated rings. The molecule has 0 aliphatic carbocycles. The normalized spacial score (nSPS) is 0.500. The van der Waals surface area contributed by atoms with Crippen LogP contribution in [0.2, 0.25) is 0 Å². The summed E-state index contributed by atoms with van der Waals surface area (Å²) in [4.78, 5) is 0. The van der Waals surface area contributed by atoms with Gasteiger partial charge in [-0.15, -0.1) is 0 Å². The maximum absolute atomic E-state index is 6.25. The van der Waals surface area contributed by atoms with Crippen LogP contribution in [0.4, 0.5) is 0 Å². The van der Waals surface area contributed by atoms with E-state index in [0.29, 0.717) is 0 Å². The van der Waals surface area contributed by atoms with Crippen molar-refractivity contribution in [3.8, 4) is 0 Å². The Morgan fingerprint density at radius 3 is 1.50 bits per heavy atom. The number of nitrogens with zero attached hydrogens (tertiary/aromatic N) is 1. The molecule has 0 aromatic rings. The second kappa shape index (κ2) is 32.2. The number of hydrogen-bond donors (Lipinski definition) is 0. The quantitative estimate of drug-likeness (QED) is 0.272. The summed E-state index contributed by atoms with van der Waals surface area (Å²) in [5.41, 5.74) is 0. The van der Waals surface area contributed by atoms with E-state index in [1.165, 1.54) is 0 Å². The van der Waals surface area contributed by atoms with Gasteiger partial charge in [0, 0.05) is 19.5 Å². The van der Waals surface area contributed by atoms with Gasteiger partial charge in [-0.25, -0.2) is 0 Å². The van der Waals surface area contributed by atoms with Gasteiger partial charge >= 0.3 is 29.6 Å². The molecule has 1 nitrogen and oxygen atoms in total. The Bertz CT molecular complexity index is 16.4. The Hall–Kier alpha value is 1.11. The third kappa shape index (κ3) is 11.2. The minimum absolute atomic E-state index is 0. The maximum Gasteiger partial charge on any atom is 1.00 e. The average molecular weight is 153 g/mol. The second-order valence-electron chi connectivity index (χ2n) is 0. The minimum atomic E-state index is 0. The molecule has 0 aliphatic rings. The van der Waals surface area contributed by atoms with E-state index in [-0.39, 0.29) is 50.5 Å². The zero-order chi connectivity index (χ0) is 2.00. The first kappa shape index (κ1) is 19.4. The molecular weight excluding hydrogens is 152 g/mol. The third-order valence-electron chi connectivity index (χ3n) is 0. The molecular formula is CHNNaRh-. The van der Waals surface area contributed by atoms with Crippen LogP contribution >= 0.6 is 0 Å². The van der Waals surface area contributed by atoms with E-state index in [9.17, 15) is 0 Å². The maximum atomic E-state index is 6.25. The molecule has 0 atom stereocenters. The second-order valence-corrected chi connectivity index (χ2v) is 0. The Kier molecular flexibility index (Phi) is 156. The number of rotatable bonds is 0. The zero-order valence-corrected chi connectivity index (χ0v) is 5.92. The smallest absolute Gasteiger partial charge is 1.00 e. The van der Waals surface area contributed by atoms with Gasteiger partial charge in [0.25, 0.3) is 0 Å². The predicted octanol–water partition coefficient (Wildman–Crippen LogP) is -2.79. The van der Waals surface area contributed by atoms with Crippen LogP contribution in [0, 0.1) is 11.8 Å². The van der Waals surface area contributed by atoms with E-state index in [1.54, 1.807) is 0 Å². The molecule has 0 saturated carbocycles. The summed E-state index contributed by atoms with van der Waals surface area (Å²) in [5.74, 6) is 0.